The predicted octanol–water partition coefficient (Wildman–Crippen LogP) is 2.49. The van der Waals surface area contributed by atoms with E-state index in [0.29, 0.717) is 17.0 Å². The summed E-state index contributed by atoms with van der Waals surface area (Å²) in [4.78, 5) is 14.2. The van der Waals surface area contributed by atoms with Gasteiger partial charge in [-0.1, -0.05) is 0 Å². The average Bonchev–Trinajstić information content (AvgIpc) is 2.43. The van der Waals surface area contributed by atoms with E-state index < -0.39 is 0 Å². The van der Waals surface area contributed by atoms with Crippen LogP contribution in [0.3, 0.4) is 0 Å². The summed E-state index contributed by atoms with van der Waals surface area (Å²) in [7, 11) is 3.39. The molecule has 5 heteroatoms. The number of anilines is 1. The molecule has 0 spiro atoms. The van der Waals surface area contributed by atoms with Crippen molar-refractivity contribution in [3.8, 4) is 5.75 Å². The number of methoxy groups -OCH3 is 1. The lowest BCUT2D eigenvalue weighted by Gasteiger charge is -2.25. The molecular formula is C14H22N2O2S. The van der Waals surface area contributed by atoms with E-state index in [4.69, 9.17) is 10.5 Å². The summed E-state index contributed by atoms with van der Waals surface area (Å²) in [5.74, 6) is 1.61. The molecule has 0 heterocycles. The van der Waals surface area contributed by atoms with Gasteiger partial charge in [-0.25, -0.2) is 0 Å². The van der Waals surface area contributed by atoms with Crippen LogP contribution in [0.5, 0.6) is 5.75 Å². The molecular weight excluding hydrogens is 260 g/mol. The molecule has 1 rings (SSSR count). The molecule has 0 aliphatic rings. The fraction of sp³-hybridized carbons (Fsp3) is 0.500. The molecule has 0 bridgehead atoms. The third kappa shape index (κ3) is 4.06. The van der Waals surface area contributed by atoms with Gasteiger partial charge in [0.05, 0.1) is 12.7 Å². The Balaban J connectivity index is 2.86. The largest absolute Gasteiger partial charge is 0.497 e. The molecule has 1 amide bonds. The first-order chi connectivity index (χ1) is 9.01. The van der Waals surface area contributed by atoms with Gasteiger partial charge < -0.3 is 15.4 Å². The minimum Gasteiger partial charge on any atom is -0.497 e. The van der Waals surface area contributed by atoms with E-state index in [1.54, 1.807) is 42.0 Å². The SMILES string of the molecule is COc1ccc(N)c(C(=O)N(C)C(C)CCSC)c1. The molecule has 4 nitrogen and oxygen atoms in total. The molecule has 0 aliphatic heterocycles. The fourth-order valence-electron chi connectivity index (χ4n) is 1.72. The molecule has 0 saturated heterocycles. The smallest absolute Gasteiger partial charge is 0.256 e. The van der Waals surface area contributed by atoms with Crippen molar-refractivity contribution in [1.29, 1.82) is 0 Å². The van der Waals surface area contributed by atoms with Crippen LogP contribution in [-0.4, -0.2) is 43.0 Å². The van der Waals surface area contributed by atoms with Crippen molar-refractivity contribution in [3.63, 3.8) is 0 Å². The molecule has 0 saturated carbocycles. The quantitative estimate of drug-likeness (QED) is 0.814. The number of nitrogens with two attached hydrogens (primary N) is 1. The minimum atomic E-state index is -0.0648. The molecule has 1 atom stereocenters. The Morgan fingerprint density at radius 2 is 2.21 bits per heavy atom. The molecule has 0 aromatic heterocycles. The van der Waals surface area contributed by atoms with Crippen LogP contribution in [0.25, 0.3) is 0 Å². The van der Waals surface area contributed by atoms with E-state index in [1.165, 1.54) is 0 Å². The summed E-state index contributed by atoms with van der Waals surface area (Å²) >= 11 is 1.78. The summed E-state index contributed by atoms with van der Waals surface area (Å²) in [6.45, 7) is 2.05. The molecule has 106 valence electrons. The Bertz CT molecular complexity index is 437. The number of carbonyl (C=O) groups excluding carboxylic acids is 1. The zero-order valence-electron chi connectivity index (χ0n) is 12.0. The van der Waals surface area contributed by atoms with Crippen molar-refractivity contribution in [3.05, 3.63) is 23.8 Å². The maximum Gasteiger partial charge on any atom is 0.256 e. The lowest BCUT2D eigenvalue weighted by atomic mass is 10.1. The predicted molar refractivity (Wildman–Crippen MR) is 82.0 cm³/mol. The van der Waals surface area contributed by atoms with E-state index in [-0.39, 0.29) is 11.9 Å². The Hall–Kier alpha value is -1.36. The summed E-state index contributed by atoms with van der Waals surface area (Å²) in [6, 6.07) is 5.33. The third-order valence-corrected chi connectivity index (χ3v) is 3.86. The number of nitrogens with zero attached hydrogens (tertiary/aromatic N) is 1. The highest BCUT2D eigenvalue weighted by Crippen LogP contribution is 2.22. The number of ether oxygens (including phenoxy) is 1. The highest BCUT2D eigenvalue weighted by atomic mass is 32.2. The van der Waals surface area contributed by atoms with E-state index in [9.17, 15) is 4.79 Å². The number of nitrogen functional groups attached to an aromatic ring is 1. The van der Waals surface area contributed by atoms with Crippen LogP contribution in [0.4, 0.5) is 5.69 Å². The zero-order chi connectivity index (χ0) is 14.4. The van der Waals surface area contributed by atoms with Crippen LogP contribution in [-0.2, 0) is 0 Å². The number of thioether (sulfide) groups is 1. The topological polar surface area (TPSA) is 55.6 Å². The molecule has 2 N–H and O–H groups in total. The number of hydrogen-bond acceptors (Lipinski definition) is 4. The first-order valence-corrected chi connectivity index (χ1v) is 7.60. The fourth-order valence-corrected chi connectivity index (χ4v) is 2.30. The van der Waals surface area contributed by atoms with Crippen molar-refractivity contribution in [2.75, 3.05) is 31.9 Å². The highest BCUT2D eigenvalue weighted by molar-refractivity contribution is 7.98. The van der Waals surface area contributed by atoms with Gasteiger partial charge in [0.25, 0.3) is 5.91 Å². The first-order valence-electron chi connectivity index (χ1n) is 6.20. The second-order valence-corrected chi connectivity index (χ2v) is 5.49. The maximum atomic E-state index is 12.4. The number of amides is 1. The Morgan fingerprint density at radius 1 is 1.53 bits per heavy atom. The summed E-state index contributed by atoms with van der Waals surface area (Å²) in [6.07, 6.45) is 3.03. The normalized spacial score (nSPS) is 12.0. The van der Waals surface area contributed by atoms with Crippen LogP contribution in [0.15, 0.2) is 18.2 Å². The van der Waals surface area contributed by atoms with Gasteiger partial charge in [0.2, 0.25) is 0 Å². The standard InChI is InChI=1S/C14H22N2O2S/c1-10(7-8-19-4)16(2)14(17)12-9-11(18-3)5-6-13(12)15/h5-6,9-10H,7-8,15H2,1-4H3. The van der Waals surface area contributed by atoms with Crippen molar-refractivity contribution < 1.29 is 9.53 Å². The maximum absolute atomic E-state index is 12.4. The van der Waals surface area contributed by atoms with Gasteiger partial charge in [-0.3, -0.25) is 4.79 Å². The van der Waals surface area contributed by atoms with Crippen LogP contribution < -0.4 is 10.5 Å². The zero-order valence-corrected chi connectivity index (χ0v) is 12.8. The third-order valence-electron chi connectivity index (χ3n) is 3.21. The molecule has 19 heavy (non-hydrogen) atoms. The van der Waals surface area contributed by atoms with Crippen molar-refractivity contribution in [2.45, 2.75) is 19.4 Å². The van der Waals surface area contributed by atoms with Crippen molar-refractivity contribution in [2.24, 2.45) is 0 Å². The Morgan fingerprint density at radius 3 is 2.79 bits per heavy atom. The van der Waals surface area contributed by atoms with Gasteiger partial charge in [0, 0.05) is 18.8 Å². The summed E-state index contributed by atoms with van der Waals surface area (Å²) in [5, 5.41) is 0. The Labute approximate surface area is 119 Å². The Kier molecular flexibility index (Phi) is 6.02. The second kappa shape index (κ2) is 7.28. The molecule has 0 aliphatic carbocycles. The minimum absolute atomic E-state index is 0.0648. The average molecular weight is 282 g/mol. The monoisotopic (exact) mass is 282 g/mol. The molecule has 0 radical (unpaired) electrons. The van der Waals surface area contributed by atoms with Gasteiger partial charge in [-0.2, -0.15) is 11.8 Å². The van der Waals surface area contributed by atoms with Gasteiger partial charge >= 0.3 is 0 Å². The number of rotatable bonds is 6. The van der Waals surface area contributed by atoms with Gasteiger partial charge in [-0.05, 0) is 43.6 Å². The second-order valence-electron chi connectivity index (χ2n) is 4.50. The van der Waals surface area contributed by atoms with E-state index in [0.717, 1.165) is 12.2 Å². The number of hydrogen-bond donors (Lipinski definition) is 1. The van der Waals surface area contributed by atoms with Crippen LogP contribution >= 0.6 is 11.8 Å². The van der Waals surface area contributed by atoms with Crippen molar-refractivity contribution in [1.82, 2.24) is 4.90 Å². The highest BCUT2D eigenvalue weighted by Gasteiger charge is 2.19. The molecule has 1 unspecified atom stereocenters. The van der Waals surface area contributed by atoms with E-state index in [2.05, 4.69) is 6.26 Å². The number of carbonyl (C=O) groups is 1. The molecule has 1 aromatic rings. The summed E-state index contributed by atoms with van der Waals surface area (Å²) < 4.78 is 5.14. The van der Waals surface area contributed by atoms with Crippen LogP contribution in [0, 0.1) is 0 Å². The lowest BCUT2D eigenvalue weighted by Crippen LogP contribution is -2.35. The lowest BCUT2D eigenvalue weighted by molar-refractivity contribution is 0.0742. The van der Waals surface area contributed by atoms with E-state index >= 15 is 0 Å². The van der Waals surface area contributed by atoms with Crippen LogP contribution in [0.2, 0.25) is 0 Å². The number of benzene rings is 1. The van der Waals surface area contributed by atoms with Crippen molar-refractivity contribution >= 4 is 23.4 Å². The molecule has 0 fully saturated rings. The van der Waals surface area contributed by atoms with Crippen LogP contribution in [0.1, 0.15) is 23.7 Å². The van der Waals surface area contributed by atoms with E-state index in [1.807, 2.05) is 14.0 Å². The van der Waals surface area contributed by atoms with Gasteiger partial charge in [-0.15, -0.1) is 0 Å². The first kappa shape index (κ1) is 15.7. The molecule has 1 aromatic carbocycles. The van der Waals surface area contributed by atoms with Gasteiger partial charge in [0.15, 0.2) is 0 Å². The van der Waals surface area contributed by atoms with Gasteiger partial charge in [0.1, 0.15) is 5.75 Å². The summed E-state index contributed by atoms with van der Waals surface area (Å²) in [5.41, 5.74) is 6.86.